The molecule has 0 fully saturated rings. The molecule has 0 aliphatic carbocycles. The van der Waals surface area contributed by atoms with Gasteiger partial charge in [-0.1, -0.05) is 29.7 Å². The number of nitrogens with zero attached hydrogens (tertiary/aromatic N) is 4. The van der Waals surface area contributed by atoms with Gasteiger partial charge in [0.15, 0.2) is 5.65 Å². The zero-order valence-corrected chi connectivity index (χ0v) is 16.2. The van der Waals surface area contributed by atoms with E-state index in [1.54, 1.807) is 22.6 Å². The molecule has 3 aromatic heterocycles. The molecule has 27 heavy (non-hydrogen) atoms. The molecular weight excluding hydrogens is 405 g/mol. The van der Waals surface area contributed by atoms with E-state index in [1.807, 2.05) is 54.9 Å². The largest absolute Gasteiger partial charge is 0.366 e. The molecule has 6 nitrogen and oxygen atoms in total. The summed E-state index contributed by atoms with van der Waals surface area (Å²) < 4.78 is 4.23. The quantitative estimate of drug-likeness (QED) is 0.396. The predicted octanol–water partition coefficient (Wildman–Crippen LogP) is 1.91. The third-order valence-corrected chi connectivity index (χ3v) is 4.75. The molecule has 0 aliphatic rings. The van der Waals surface area contributed by atoms with Crippen molar-refractivity contribution in [3.05, 3.63) is 71.1 Å². The zero-order chi connectivity index (χ0) is 18.8. The van der Waals surface area contributed by atoms with Gasteiger partial charge >= 0.3 is 0 Å². The number of aromatic nitrogens is 4. The van der Waals surface area contributed by atoms with Gasteiger partial charge < -0.3 is 5.32 Å². The van der Waals surface area contributed by atoms with Crippen LogP contribution >= 0.6 is 15.9 Å². The number of fused-ring (bicyclic) bond motifs is 1. The highest BCUT2D eigenvalue weighted by Crippen LogP contribution is 2.25. The molecule has 0 spiro atoms. The molecule has 1 aromatic carbocycles. The maximum absolute atomic E-state index is 6.15. The van der Waals surface area contributed by atoms with Gasteiger partial charge in [0, 0.05) is 29.0 Å². The van der Waals surface area contributed by atoms with E-state index in [0.29, 0.717) is 12.0 Å². The van der Waals surface area contributed by atoms with Crippen LogP contribution in [0.5, 0.6) is 0 Å². The number of nitrogens with one attached hydrogen (secondary N) is 1. The second-order valence-electron chi connectivity index (χ2n) is 5.95. The van der Waals surface area contributed by atoms with Gasteiger partial charge in [0.25, 0.3) is 0 Å². The van der Waals surface area contributed by atoms with Crippen LogP contribution in [0.3, 0.4) is 0 Å². The van der Waals surface area contributed by atoms with E-state index in [1.165, 1.54) is 0 Å². The summed E-state index contributed by atoms with van der Waals surface area (Å²) >= 11 is 3.52. The molecule has 4 aromatic rings. The lowest BCUT2D eigenvalue weighted by atomic mass is 9.89. The first kappa shape index (κ1) is 17.5. The topological polar surface area (TPSA) is 55.3 Å². The lowest BCUT2D eigenvalue weighted by Gasteiger charge is -2.12. The molecule has 2 radical (unpaired) electrons. The number of hydrogen-bond donors (Lipinski definition) is 1. The Balaban J connectivity index is 1.74. The van der Waals surface area contributed by atoms with Crippen molar-refractivity contribution >= 4 is 40.7 Å². The van der Waals surface area contributed by atoms with Crippen molar-refractivity contribution in [3.63, 3.8) is 0 Å². The van der Waals surface area contributed by atoms with E-state index in [2.05, 4.69) is 26.3 Å². The molecule has 0 saturated carbocycles. The van der Waals surface area contributed by atoms with E-state index in [0.717, 1.165) is 32.8 Å². The third-order valence-electron chi connectivity index (χ3n) is 4.19. The van der Waals surface area contributed by atoms with Gasteiger partial charge in [-0.2, -0.15) is 9.61 Å². The normalized spacial score (nSPS) is 10.9. The van der Waals surface area contributed by atoms with Crippen LogP contribution in [-0.2, 0) is 6.54 Å². The summed E-state index contributed by atoms with van der Waals surface area (Å²) in [6.45, 7) is 0.602. The summed E-state index contributed by atoms with van der Waals surface area (Å²) in [5, 5.41) is 7.83. The van der Waals surface area contributed by atoms with Crippen molar-refractivity contribution in [2.45, 2.75) is 6.54 Å². The van der Waals surface area contributed by atoms with Crippen LogP contribution in [0.15, 0.2) is 65.5 Å². The predicted molar refractivity (Wildman–Crippen MR) is 108 cm³/mol. The Morgan fingerprint density at radius 3 is 2.93 bits per heavy atom. The molecule has 4 rings (SSSR count). The van der Waals surface area contributed by atoms with Gasteiger partial charge in [0.2, 0.25) is 12.4 Å². The van der Waals surface area contributed by atoms with Gasteiger partial charge in [-0.05, 0) is 27.6 Å². The van der Waals surface area contributed by atoms with Crippen LogP contribution in [0, 0.1) is 0 Å². The Labute approximate surface area is 166 Å². The standard InChI is InChI=1S/C19H16BBrN5O/c1-27-25-8-4-5-13(12-25)10-22-18-9-17(14-6-2-3-7-15(14)20)24-19-16(21)11-23-26(18)19/h2-9,11-12,22H,10H2,1H3/q+1. The van der Waals surface area contributed by atoms with Gasteiger partial charge in [-0.15, -0.1) is 0 Å². The number of anilines is 1. The smallest absolute Gasteiger partial charge is 0.227 e. The molecular formula is C19H16BBrN5O+. The average molecular weight is 421 g/mol. The van der Waals surface area contributed by atoms with Crippen molar-refractivity contribution in [1.29, 1.82) is 0 Å². The molecule has 3 heterocycles. The van der Waals surface area contributed by atoms with Crippen molar-refractivity contribution < 1.29 is 9.57 Å². The zero-order valence-electron chi connectivity index (χ0n) is 14.6. The van der Waals surface area contributed by atoms with E-state index >= 15 is 0 Å². The van der Waals surface area contributed by atoms with Crippen LogP contribution in [0.1, 0.15) is 5.56 Å². The highest BCUT2D eigenvalue weighted by molar-refractivity contribution is 9.10. The molecule has 0 unspecified atom stereocenters. The minimum absolute atomic E-state index is 0.602. The minimum Gasteiger partial charge on any atom is -0.366 e. The highest BCUT2D eigenvalue weighted by Gasteiger charge is 2.13. The second kappa shape index (κ2) is 7.40. The van der Waals surface area contributed by atoms with Crippen LogP contribution < -0.4 is 20.3 Å². The first-order valence-electron chi connectivity index (χ1n) is 8.33. The lowest BCUT2D eigenvalue weighted by molar-refractivity contribution is -0.885. The Hall–Kier alpha value is -2.87. The van der Waals surface area contributed by atoms with E-state index < -0.39 is 0 Å². The molecule has 0 aliphatic heterocycles. The summed E-state index contributed by atoms with van der Waals surface area (Å²) in [6.07, 6.45) is 5.49. The first-order chi connectivity index (χ1) is 13.2. The molecule has 8 heteroatoms. The lowest BCUT2D eigenvalue weighted by Crippen LogP contribution is -2.40. The summed E-state index contributed by atoms with van der Waals surface area (Å²) in [7, 11) is 7.77. The Morgan fingerprint density at radius 1 is 1.26 bits per heavy atom. The van der Waals surface area contributed by atoms with E-state index in [9.17, 15) is 0 Å². The fourth-order valence-electron chi connectivity index (χ4n) is 2.84. The number of rotatable bonds is 5. The monoisotopic (exact) mass is 420 g/mol. The average Bonchev–Trinajstić information content (AvgIpc) is 3.07. The molecule has 0 amide bonds. The first-order valence-corrected chi connectivity index (χ1v) is 9.13. The van der Waals surface area contributed by atoms with Gasteiger partial charge in [-0.3, -0.25) is 4.84 Å². The molecule has 0 bridgehead atoms. The van der Waals surface area contributed by atoms with Crippen LogP contribution in [0.4, 0.5) is 5.82 Å². The van der Waals surface area contributed by atoms with E-state index in [-0.39, 0.29) is 0 Å². The van der Waals surface area contributed by atoms with Crippen LogP contribution in [0.25, 0.3) is 16.9 Å². The second-order valence-corrected chi connectivity index (χ2v) is 6.80. The number of halogens is 1. The van der Waals surface area contributed by atoms with Gasteiger partial charge in [-0.25, -0.2) is 4.98 Å². The van der Waals surface area contributed by atoms with Crippen LogP contribution in [-0.4, -0.2) is 29.6 Å². The van der Waals surface area contributed by atoms with E-state index in [4.69, 9.17) is 17.7 Å². The third kappa shape index (κ3) is 3.53. The molecule has 132 valence electrons. The molecule has 0 atom stereocenters. The summed E-state index contributed by atoms with van der Waals surface area (Å²) in [5.41, 5.74) is 4.13. The SMILES string of the molecule is [B]c1ccccc1-c1cc(NCc2ccc[n+](OC)c2)n2ncc(Br)c2n1. The summed E-state index contributed by atoms with van der Waals surface area (Å²) in [5.74, 6) is 0.816. The summed E-state index contributed by atoms with van der Waals surface area (Å²) in [4.78, 5) is 9.93. The van der Waals surface area contributed by atoms with Gasteiger partial charge in [0.05, 0.1) is 16.4 Å². The minimum atomic E-state index is 0.602. The highest BCUT2D eigenvalue weighted by atomic mass is 79.9. The Morgan fingerprint density at radius 2 is 2.11 bits per heavy atom. The number of benzene rings is 1. The van der Waals surface area contributed by atoms with Crippen LogP contribution in [0.2, 0.25) is 0 Å². The Bertz CT molecular complexity index is 1110. The fourth-order valence-corrected chi connectivity index (χ4v) is 3.19. The van der Waals surface area contributed by atoms with Crippen molar-refractivity contribution in [1.82, 2.24) is 14.6 Å². The van der Waals surface area contributed by atoms with Gasteiger partial charge in [0.1, 0.15) is 20.8 Å². The molecule has 1 N–H and O–H groups in total. The summed E-state index contributed by atoms with van der Waals surface area (Å²) in [6, 6.07) is 13.6. The molecule has 0 saturated heterocycles. The van der Waals surface area contributed by atoms with Crippen molar-refractivity contribution in [2.24, 2.45) is 0 Å². The number of hydrogen-bond acceptors (Lipinski definition) is 4. The fraction of sp³-hybridized carbons (Fsp3) is 0.105. The maximum Gasteiger partial charge on any atom is 0.227 e. The maximum atomic E-state index is 6.15. The number of pyridine rings is 1. The van der Waals surface area contributed by atoms with Crippen molar-refractivity contribution in [3.8, 4) is 11.3 Å². The van der Waals surface area contributed by atoms with Crippen molar-refractivity contribution in [2.75, 3.05) is 12.4 Å². The Kier molecular flexibility index (Phi) is 4.81.